The van der Waals surface area contributed by atoms with Crippen molar-refractivity contribution in [1.82, 2.24) is 4.90 Å². The number of ether oxygens (including phenoxy) is 1. The third kappa shape index (κ3) is 4.33. The van der Waals surface area contributed by atoms with Gasteiger partial charge in [-0.15, -0.1) is 0 Å². The molecule has 0 amide bonds. The maximum Gasteiger partial charge on any atom is 0.314 e. The molecule has 0 spiro atoms. The Hall–Kier alpha value is -1.35. The van der Waals surface area contributed by atoms with Crippen molar-refractivity contribution < 1.29 is 9.53 Å². The lowest BCUT2D eigenvalue weighted by atomic mass is 9.89. The summed E-state index contributed by atoms with van der Waals surface area (Å²) in [4.78, 5) is 14.2. The molecule has 5 rings (SSSR count). The quantitative estimate of drug-likeness (QED) is 0.613. The van der Waals surface area contributed by atoms with E-state index in [9.17, 15) is 4.79 Å². The monoisotopic (exact) mass is 301 g/mol. The number of hydrogen-bond donors (Lipinski definition) is 0. The number of nitrogens with zero attached hydrogens (tertiary/aromatic N) is 1. The molecule has 1 aliphatic carbocycles. The molecule has 4 aliphatic rings. The van der Waals surface area contributed by atoms with Crippen molar-refractivity contribution in [3.05, 3.63) is 30.3 Å². The van der Waals surface area contributed by atoms with Gasteiger partial charge >= 0.3 is 5.97 Å². The van der Waals surface area contributed by atoms with Gasteiger partial charge in [-0.3, -0.25) is 4.79 Å². The lowest BCUT2D eigenvalue weighted by Gasteiger charge is -2.38. The summed E-state index contributed by atoms with van der Waals surface area (Å²) < 4.78 is 5.26. The Bertz CT molecular complexity index is 437. The van der Waals surface area contributed by atoms with Crippen LogP contribution in [0.4, 0.5) is 0 Å². The SMILES string of the molecule is C1CN2CCC1CC2.O=C(Oc1ccccc1)C1CCCC1. The van der Waals surface area contributed by atoms with Crippen LogP contribution in [-0.4, -0.2) is 30.5 Å². The predicted molar refractivity (Wildman–Crippen MR) is 87.8 cm³/mol. The van der Waals surface area contributed by atoms with E-state index in [2.05, 4.69) is 4.90 Å². The van der Waals surface area contributed by atoms with Crippen molar-refractivity contribution in [1.29, 1.82) is 0 Å². The van der Waals surface area contributed by atoms with Crippen molar-refractivity contribution in [2.75, 3.05) is 19.6 Å². The molecule has 0 N–H and O–H groups in total. The number of piperidine rings is 3. The number of hydrogen-bond acceptors (Lipinski definition) is 3. The number of para-hydroxylation sites is 1. The third-order valence-corrected chi connectivity index (χ3v) is 5.21. The zero-order chi connectivity index (χ0) is 15.2. The minimum atomic E-state index is -0.0614. The van der Waals surface area contributed by atoms with Crippen molar-refractivity contribution >= 4 is 5.97 Å². The molecule has 3 nitrogen and oxygen atoms in total. The normalized spacial score (nSPS) is 27.1. The molecule has 0 atom stereocenters. The van der Waals surface area contributed by atoms with Crippen LogP contribution in [0.15, 0.2) is 30.3 Å². The molecule has 1 aromatic carbocycles. The van der Waals surface area contributed by atoms with Gasteiger partial charge in [-0.05, 0) is 69.8 Å². The van der Waals surface area contributed by atoms with Gasteiger partial charge in [0.15, 0.2) is 0 Å². The summed E-state index contributed by atoms with van der Waals surface area (Å²) in [5.74, 6) is 1.84. The van der Waals surface area contributed by atoms with Gasteiger partial charge in [-0.25, -0.2) is 0 Å². The Morgan fingerprint density at radius 1 is 0.909 bits per heavy atom. The van der Waals surface area contributed by atoms with Crippen molar-refractivity contribution in [2.24, 2.45) is 11.8 Å². The Morgan fingerprint density at radius 2 is 1.50 bits per heavy atom. The maximum absolute atomic E-state index is 11.6. The molecule has 0 radical (unpaired) electrons. The van der Waals surface area contributed by atoms with E-state index in [0.717, 1.165) is 31.6 Å². The smallest absolute Gasteiger partial charge is 0.314 e. The highest BCUT2D eigenvalue weighted by atomic mass is 16.5. The van der Waals surface area contributed by atoms with Gasteiger partial charge in [-0.1, -0.05) is 31.0 Å². The van der Waals surface area contributed by atoms with Gasteiger partial charge < -0.3 is 9.64 Å². The third-order valence-electron chi connectivity index (χ3n) is 5.21. The number of esters is 1. The van der Waals surface area contributed by atoms with Crippen LogP contribution in [0.3, 0.4) is 0 Å². The molecule has 2 bridgehead atoms. The van der Waals surface area contributed by atoms with E-state index in [4.69, 9.17) is 4.74 Å². The summed E-state index contributed by atoms with van der Waals surface area (Å²) in [6, 6.07) is 9.28. The van der Waals surface area contributed by atoms with E-state index in [1.54, 1.807) is 0 Å². The molecule has 1 aromatic rings. The zero-order valence-corrected chi connectivity index (χ0v) is 13.4. The first-order chi connectivity index (χ1) is 10.8. The lowest BCUT2D eigenvalue weighted by Crippen LogP contribution is -2.41. The summed E-state index contributed by atoms with van der Waals surface area (Å²) in [6.45, 7) is 4.18. The first-order valence-electron chi connectivity index (χ1n) is 8.80. The van der Waals surface area contributed by atoms with Crippen molar-refractivity contribution in [3.8, 4) is 5.75 Å². The Balaban J connectivity index is 0.000000151. The maximum atomic E-state index is 11.6. The fourth-order valence-electron chi connectivity index (χ4n) is 3.71. The molecule has 3 aliphatic heterocycles. The summed E-state index contributed by atoms with van der Waals surface area (Å²) >= 11 is 0. The predicted octanol–water partition coefficient (Wildman–Crippen LogP) is 3.88. The highest BCUT2D eigenvalue weighted by Gasteiger charge is 2.25. The molecule has 0 aromatic heterocycles. The molecule has 3 saturated heterocycles. The summed E-state index contributed by atoms with van der Waals surface area (Å²) in [5.41, 5.74) is 0. The molecule has 3 heteroatoms. The molecule has 120 valence electrons. The minimum Gasteiger partial charge on any atom is -0.426 e. The van der Waals surface area contributed by atoms with Gasteiger partial charge in [0.2, 0.25) is 0 Å². The van der Waals surface area contributed by atoms with Crippen LogP contribution in [0.25, 0.3) is 0 Å². The van der Waals surface area contributed by atoms with Gasteiger partial charge in [-0.2, -0.15) is 0 Å². The number of rotatable bonds is 2. The van der Waals surface area contributed by atoms with Crippen LogP contribution in [0.1, 0.15) is 44.9 Å². The van der Waals surface area contributed by atoms with Crippen LogP contribution in [-0.2, 0) is 4.79 Å². The molecular formula is C19H27NO2. The van der Waals surface area contributed by atoms with Crippen molar-refractivity contribution in [3.63, 3.8) is 0 Å². The van der Waals surface area contributed by atoms with E-state index >= 15 is 0 Å². The average molecular weight is 301 g/mol. The van der Waals surface area contributed by atoms with Gasteiger partial charge in [0.05, 0.1) is 5.92 Å². The van der Waals surface area contributed by atoms with Gasteiger partial charge in [0.1, 0.15) is 5.75 Å². The molecule has 1 saturated carbocycles. The van der Waals surface area contributed by atoms with E-state index in [1.165, 1.54) is 38.9 Å². The standard InChI is InChI=1S/C12H14O2.C7H13N/c13-12(10-6-4-5-7-10)14-11-8-2-1-3-9-11;1-4-8-5-2-7(1)3-6-8/h1-3,8-10H,4-7H2;7H,1-6H2. The fraction of sp³-hybridized carbons (Fsp3) is 0.632. The van der Waals surface area contributed by atoms with E-state index in [-0.39, 0.29) is 11.9 Å². The van der Waals surface area contributed by atoms with Crippen LogP contribution in [0.2, 0.25) is 0 Å². The number of carbonyl (C=O) groups is 1. The number of fused-ring (bicyclic) bond motifs is 3. The molecule has 4 fully saturated rings. The van der Waals surface area contributed by atoms with Crippen molar-refractivity contribution in [2.45, 2.75) is 44.9 Å². The Kier molecular flexibility index (Phi) is 5.49. The van der Waals surface area contributed by atoms with Crippen LogP contribution in [0, 0.1) is 11.8 Å². The van der Waals surface area contributed by atoms with E-state index in [1.807, 2.05) is 30.3 Å². The largest absolute Gasteiger partial charge is 0.426 e. The summed E-state index contributed by atoms with van der Waals surface area (Å²) in [5, 5.41) is 0. The second-order valence-electron chi connectivity index (χ2n) is 6.79. The first-order valence-corrected chi connectivity index (χ1v) is 8.80. The molecule has 22 heavy (non-hydrogen) atoms. The highest BCUT2D eigenvalue weighted by molar-refractivity contribution is 5.75. The molecule has 3 heterocycles. The van der Waals surface area contributed by atoms with Gasteiger partial charge in [0.25, 0.3) is 0 Å². The van der Waals surface area contributed by atoms with Gasteiger partial charge in [0, 0.05) is 0 Å². The summed E-state index contributed by atoms with van der Waals surface area (Å²) in [6.07, 6.45) is 8.76. The first kappa shape index (κ1) is 15.5. The highest BCUT2D eigenvalue weighted by Crippen LogP contribution is 2.27. The average Bonchev–Trinajstić information content (AvgIpc) is 3.13. The number of carbonyl (C=O) groups excluding carboxylic acids is 1. The Morgan fingerprint density at radius 3 is 1.95 bits per heavy atom. The minimum absolute atomic E-state index is 0.0614. The second-order valence-corrected chi connectivity index (χ2v) is 6.79. The zero-order valence-electron chi connectivity index (χ0n) is 13.4. The fourth-order valence-corrected chi connectivity index (χ4v) is 3.71. The van der Waals surface area contributed by atoms with E-state index < -0.39 is 0 Å². The van der Waals surface area contributed by atoms with E-state index in [0.29, 0.717) is 5.75 Å². The van der Waals surface area contributed by atoms with Crippen LogP contribution in [0.5, 0.6) is 5.75 Å². The summed E-state index contributed by atoms with van der Waals surface area (Å²) in [7, 11) is 0. The lowest BCUT2D eigenvalue weighted by molar-refractivity contribution is -0.138. The number of benzene rings is 1. The Labute approximate surface area is 133 Å². The molecule has 0 unspecified atom stereocenters. The molecular weight excluding hydrogens is 274 g/mol. The topological polar surface area (TPSA) is 29.5 Å². The van der Waals surface area contributed by atoms with Crippen LogP contribution < -0.4 is 4.74 Å². The second kappa shape index (κ2) is 7.77. The van der Waals surface area contributed by atoms with Crippen LogP contribution >= 0.6 is 0 Å².